The number of hydrogen-bond acceptors (Lipinski definition) is 12. The fourth-order valence-electron chi connectivity index (χ4n) is 16.4. The molecule has 0 bridgehead atoms. The van der Waals surface area contributed by atoms with Crippen LogP contribution in [0.1, 0.15) is 70.4 Å². The van der Waals surface area contributed by atoms with Crippen LogP contribution >= 0.6 is 22.7 Å². The molecule has 22 rings (SSSR count). The SMILES string of the molecule is c1ccc(C2NC(c3ccc4c(c3)oc3c(-c5cccc6c5oc5ccccc56)cccc34)NC(c3ccc4c(c3)sc3cc(-c5ccc6oc7c(-c8ccc9c(c8)oc8cc(C%10NC(c%11ccccc%11)NC(c%11cccc%12c%11sc%11ccccc%11%12)N%10)ccc89)cccc7c6c5)ccc34)N2)cc1. The first kappa shape index (κ1) is 58.3. The van der Waals surface area contributed by atoms with E-state index in [1.165, 1.54) is 51.5 Å². The number of furan rings is 4. The number of fused-ring (bicyclic) bond motifs is 18. The van der Waals surface area contributed by atoms with E-state index in [2.05, 4.69) is 311 Å². The van der Waals surface area contributed by atoms with Crippen molar-refractivity contribution >= 4 is 151 Å². The van der Waals surface area contributed by atoms with Crippen molar-refractivity contribution in [2.45, 2.75) is 37.0 Å². The van der Waals surface area contributed by atoms with E-state index in [0.29, 0.717) is 0 Å². The summed E-state index contributed by atoms with van der Waals surface area (Å²) in [5.74, 6) is 0. The Morgan fingerprint density at radius 1 is 0.216 bits per heavy atom. The first-order valence-corrected chi connectivity index (χ1v) is 36.4. The standard InChI is InChI=1S/C90H60N6O4S2/c1-3-15-49(16-4-1)85-91-87(55-34-39-61-66-23-13-25-68(83(66)100-77(61)46-55)67-24-12-22-65-58-19-7-9-29-73(58)98-82(65)67)94-89(92-85)56-35-41-64-63-40-31-52(47-79(63)101-80(64)48-56)51-36-42-74-72(43-51)69-26-11-21-57(81(69)99-74)53-32-37-59-60-38-33-54(45-76(60)97-75(59)44-53)88-93-86(50-17-5-2-6-18-50)95-90(96-88)71-28-14-27-70-62-20-8-10-30-78(62)102-84(70)71/h1-48,85-96H. The highest BCUT2D eigenvalue weighted by Gasteiger charge is 2.34. The van der Waals surface area contributed by atoms with Crippen molar-refractivity contribution in [1.29, 1.82) is 0 Å². The normalized spacial score (nSPS) is 18.4. The highest BCUT2D eigenvalue weighted by Crippen LogP contribution is 2.47. The van der Waals surface area contributed by atoms with E-state index in [0.717, 1.165) is 143 Å². The van der Waals surface area contributed by atoms with Gasteiger partial charge in [-0.15, -0.1) is 22.7 Å². The van der Waals surface area contributed by atoms with Crippen LogP contribution in [0.25, 0.3) is 161 Å². The third kappa shape index (κ3) is 9.39. The summed E-state index contributed by atoms with van der Waals surface area (Å²) in [4.78, 5) is 0. The molecule has 6 aromatic heterocycles. The number of thiophene rings is 2. The molecular formula is C90H60N6O4S2. The fraction of sp³-hybridized carbons (Fsp3) is 0.0667. The molecule has 0 saturated carbocycles. The summed E-state index contributed by atoms with van der Waals surface area (Å²) in [7, 11) is 0. The van der Waals surface area contributed by atoms with Gasteiger partial charge in [0.05, 0.1) is 37.0 Å². The van der Waals surface area contributed by atoms with Gasteiger partial charge >= 0.3 is 0 Å². The van der Waals surface area contributed by atoms with E-state index in [1.54, 1.807) is 0 Å². The summed E-state index contributed by atoms with van der Waals surface area (Å²) in [6, 6.07) is 104. The van der Waals surface area contributed by atoms with Gasteiger partial charge in [0, 0.05) is 106 Å². The molecule has 0 amide bonds. The summed E-state index contributed by atoms with van der Waals surface area (Å²) in [5, 5.41) is 37.3. The quantitative estimate of drug-likeness (QED) is 0.0832. The molecule has 6 unspecified atom stereocenters. The second-order valence-electron chi connectivity index (χ2n) is 27.2. The highest BCUT2D eigenvalue weighted by molar-refractivity contribution is 7.26. The Kier molecular flexibility index (Phi) is 13.2. The topological polar surface area (TPSA) is 125 Å². The second-order valence-corrected chi connectivity index (χ2v) is 29.3. The number of benzene rings is 14. The van der Waals surface area contributed by atoms with E-state index in [4.69, 9.17) is 17.7 Å². The van der Waals surface area contributed by atoms with Crippen LogP contribution in [0.3, 0.4) is 0 Å². The lowest BCUT2D eigenvalue weighted by atomic mass is 9.98. The predicted octanol–water partition coefficient (Wildman–Crippen LogP) is 23.4. The molecule has 2 aliphatic heterocycles. The first-order valence-electron chi connectivity index (χ1n) is 34.8. The van der Waals surface area contributed by atoms with E-state index in [9.17, 15) is 0 Å². The van der Waals surface area contributed by atoms with E-state index in [1.807, 2.05) is 34.8 Å². The van der Waals surface area contributed by atoms with Crippen LogP contribution in [-0.2, 0) is 0 Å². The van der Waals surface area contributed by atoms with Crippen LogP contribution in [0.4, 0.5) is 0 Å². The van der Waals surface area contributed by atoms with Gasteiger partial charge in [-0.05, 0) is 105 Å². The number of rotatable bonds is 9. The van der Waals surface area contributed by atoms with Gasteiger partial charge in [0.25, 0.3) is 0 Å². The zero-order chi connectivity index (χ0) is 66.7. The zero-order valence-corrected chi connectivity index (χ0v) is 56.3. The minimum Gasteiger partial charge on any atom is -0.456 e. The van der Waals surface area contributed by atoms with Gasteiger partial charge in [0.2, 0.25) is 0 Å². The van der Waals surface area contributed by atoms with Crippen LogP contribution in [0.15, 0.2) is 309 Å². The van der Waals surface area contributed by atoms with E-state index >= 15 is 0 Å². The van der Waals surface area contributed by atoms with Crippen LogP contribution in [0.5, 0.6) is 0 Å². The van der Waals surface area contributed by atoms with Gasteiger partial charge in [0.15, 0.2) is 0 Å². The Bertz CT molecular complexity index is 6800. The summed E-state index contributed by atoms with van der Waals surface area (Å²) < 4.78 is 32.2. The molecule has 0 aliphatic carbocycles. The molecule has 2 aliphatic rings. The fourth-order valence-corrected chi connectivity index (χ4v) is 18.8. The molecule has 14 aromatic carbocycles. The molecule has 102 heavy (non-hydrogen) atoms. The van der Waals surface area contributed by atoms with Crippen LogP contribution in [0, 0.1) is 0 Å². The van der Waals surface area contributed by atoms with Crippen LogP contribution in [0.2, 0.25) is 0 Å². The summed E-state index contributed by atoms with van der Waals surface area (Å²) in [6.45, 7) is 0. The molecule has 2 saturated heterocycles. The molecule has 10 nitrogen and oxygen atoms in total. The lowest BCUT2D eigenvalue weighted by Crippen LogP contribution is -2.54. The van der Waals surface area contributed by atoms with Crippen LogP contribution in [-0.4, -0.2) is 0 Å². The van der Waals surface area contributed by atoms with Gasteiger partial charge in [-0.1, -0.05) is 231 Å². The Morgan fingerprint density at radius 3 is 1.32 bits per heavy atom. The maximum Gasteiger partial charge on any atom is 0.143 e. The van der Waals surface area contributed by atoms with Gasteiger partial charge < -0.3 is 17.7 Å². The first-order chi connectivity index (χ1) is 50.5. The van der Waals surface area contributed by atoms with Gasteiger partial charge in [0.1, 0.15) is 44.7 Å². The molecule has 0 radical (unpaired) electrons. The Morgan fingerprint density at radius 2 is 0.637 bits per heavy atom. The number of para-hydroxylation sites is 4. The molecule has 0 spiro atoms. The highest BCUT2D eigenvalue weighted by atomic mass is 32.1. The third-order valence-electron chi connectivity index (χ3n) is 21.4. The molecule has 20 aromatic rings. The van der Waals surface area contributed by atoms with Gasteiger partial charge in [-0.3, -0.25) is 31.9 Å². The van der Waals surface area contributed by atoms with Crippen molar-refractivity contribution in [3.05, 3.63) is 325 Å². The van der Waals surface area contributed by atoms with E-state index in [-0.39, 0.29) is 37.0 Å². The molecule has 2 fully saturated rings. The number of nitrogens with one attached hydrogen (secondary N) is 6. The molecule has 8 heterocycles. The monoisotopic (exact) mass is 1350 g/mol. The Balaban J connectivity index is 0.549. The van der Waals surface area contributed by atoms with Gasteiger partial charge in [-0.2, -0.15) is 0 Å². The molecule has 6 N–H and O–H groups in total. The molecule has 12 heteroatoms. The van der Waals surface area contributed by atoms with Crippen LogP contribution < -0.4 is 31.9 Å². The summed E-state index contributed by atoms with van der Waals surface area (Å²) >= 11 is 3.70. The number of hydrogen-bond donors (Lipinski definition) is 6. The smallest absolute Gasteiger partial charge is 0.143 e. The van der Waals surface area contributed by atoms with Crippen molar-refractivity contribution in [3.8, 4) is 33.4 Å². The lowest BCUT2D eigenvalue weighted by molar-refractivity contribution is 0.203. The largest absolute Gasteiger partial charge is 0.456 e. The van der Waals surface area contributed by atoms with Gasteiger partial charge in [-0.25, -0.2) is 0 Å². The van der Waals surface area contributed by atoms with E-state index < -0.39 is 0 Å². The Labute approximate surface area is 591 Å². The Hall–Kier alpha value is -11.5. The minimum absolute atomic E-state index is 0.108. The minimum atomic E-state index is -0.214. The summed E-state index contributed by atoms with van der Waals surface area (Å²) in [5.41, 5.74) is 20.0. The van der Waals surface area contributed by atoms with Crippen molar-refractivity contribution in [1.82, 2.24) is 31.9 Å². The second kappa shape index (κ2) is 23.0. The lowest BCUT2D eigenvalue weighted by Gasteiger charge is -2.39. The third-order valence-corrected chi connectivity index (χ3v) is 23.7. The average Bonchev–Trinajstić information content (AvgIpc) is 1.59. The predicted molar refractivity (Wildman–Crippen MR) is 419 cm³/mol. The zero-order valence-electron chi connectivity index (χ0n) is 54.6. The molecule has 6 atom stereocenters. The maximum absolute atomic E-state index is 6.92. The maximum atomic E-state index is 6.92. The average molecular weight is 1350 g/mol. The van der Waals surface area contributed by atoms with Crippen molar-refractivity contribution < 1.29 is 17.7 Å². The molecular weight excluding hydrogens is 1290 g/mol. The molecule has 486 valence electrons. The van der Waals surface area contributed by atoms with Crippen molar-refractivity contribution in [3.63, 3.8) is 0 Å². The summed E-state index contributed by atoms with van der Waals surface area (Å²) in [6.07, 6.45) is -0.960. The van der Waals surface area contributed by atoms with Crippen molar-refractivity contribution in [2.75, 3.05) is 0 Å². The van der Waals surface area contributed by atoms with Crippen molar-refractivity contribution in [2.24, 2.45) is 0 Å².